The first-order valence-electron chi connectivity index (χ1n) is 12.2. The third-order valence-corrected chi connectivity index (χ3v) is 6.76. The van der Waals surface area contributed by atoms with Crippen LogP contribution in [0.1, 0.15) is 50.7 Å². The number of halogens is 4. The van der Waals surface area contributed by atoms with Crippen molar-refractivity contribution < 1.29 is 46.6 Å². The van der Waals surface area contributed by atoms with Gasteiger partial charge in [0.05, 0.1) is 6.04 Å². The Balaban J connectivity index is 0.000000470. The minimum Gasteiger partial charge on any atom is -0.475 e. The summed E-state index contributed by atoms with van der Waals surface area (Å²) in [5, 5.41) is 12.7. The maximum absolute atomic E-state index is 13.8. The van der Waals surface area contributed by atoms with Crippen molar-refractivity contribution in [1.82, 2.24) is 20.4 Å². The maximum atomic E-state index is 13.8. The Bertz CT molecular complexity index is 1360. The number of hydrogen-bond acceptors (Lipinski definition) is 6. The van der Waals surface area contributed by atoms with Crippen LogP contribution in [-0.4, -0.2) is 76.4 Å². The van der Waals surface area contributed by atoms with Gasteiger partial charge in [-0.3, -0.25) is 24.5 Å². The number of fused-ring (bicyclic) bond motifs is 1. The van der Waals surface area contributed by atoms with Crippen molar-refractivity contribution in [2.24, 2.45) is 0 Å². The van der Waals surface area contributed by atoms with Crippen molar-refractivity contribution in [3.05, 3.63) is 70.5 Å². The molecule has 10 nitrogen and oxygen atoms in total. The van der Waals surface area contributed by atoms with E-state index in [-0.39, 0.29) is 49.0 Å². The minimum atomic E-state index is -5.08. The van der Waals surface area contributed by atoms with Crippen molar-refractivity contribution in [2.45, 2.75) is 37.6 Å². The van der Waals surface area contributed by atoms with Crippen LogP contribution in [0.15, 0.2) is 42.5 Å². The van der Waals surface area contributed by atoms with Gasteiger partial charge in [0, 0.05) is 43.7 Å². The summed E-state index contributed by atoms with van der Waals surface area (Å²) >= 11 is 0. The lowest BCUT2D eigenvalue weighted by Gasteiger charge is -2.36. The van der Waals surface area contributed by atoms with Crippen LogP contribution in [0.5, 0.6) is 0 Å². The number of carboxylic acids is 1. The number of imide groups is 1. The van der Waals surface area contributed by atoms with Gasteiger partial charge in [-0.05, 0) is 41.8 Å². The fourth-order valence-corrected chi connectivity index (χ4v) is 4.81. The molecular weight excluding hydrogens is 540 g/mol. The number of carbonyl (C=O) groups is 5. The fourth-order valence-electron chi connectivity index (χ4n) is 4.81. The molecule has 40 heavy (non-hydrogen) atoms. The van der Waals surface area contributed by atoms with Crippen LogP contribution < -0.4 is 10.6 Å². The SMILES string of the molecule is O=C(O)C(F)(F)F.O=C1CCC(N2Cc3ccc(C(=O)N4CCNCC4c4cccc(F)c4)cc3C2=O)C(=O)N1. The Morgan fingerprint density at radius 1 is 1.02 bits per heavy atom. The van der Waals surface area contributed by atoms with Crippen molar-refractivity contribution in [1.29, 1.82) is 0 Å². The summed E-state index contributed by atoms with van der Waals surface area (Å²) in [6, 6.07) is 10.2. The second kappa shape index (κ2) is 11.4. The summed E-state index contributed by atoms with van der Waals surface area (Å²) in [4.78, 5) is 62.3. The van der Waals surface area contributed by atoms with Crippen LogP contribution in [0.4, 0.5) is 17.6 Å². The quantitative estimate of drug-likeness (QED) is 0.383. The number of nitrogens with zero attached hydrogens (tertiary/aromatic N) is 2. The van der Waals surface area contributed by atoms with Crippen LogP contribution >= 0.6 is 0 Å². The van der Waals surface area contributed by atoms with E-state index < -0.39 is 24.1 Å². The Kier molecular flexibility index (Phi) is 8.18. The monoisotopic (exact) mass is 564 g/mol. The topological polar surface area (TPSA) is 136 Å². The van der Waals surface area contributed by atoms with Crippen LogP contribution in [0, 0.1) is 5.82 Å². The van der Waals surface area contributed by atoms with Gasteiger partial charge in [0.2, 0.25) is 11.8 Å². The number of piperidine rings is 1. The van der Waals surface area contributed by atoms with E-state index in [9.17, 15) is 36.7 Å². The van der Waals surface area contributed by atoms with Crippen LogP contribution in [-0.2, 0) is 20.9 Å². The lowest BCUT2D eigenvalue weighted by atomic mass is 10.0. The number of carbonyl (C=O) groups excluding carboxylic acids is 4. The first-order chi connectivity index (χ1) is 18.9. The molecule has 0 saturated carbocycles. The number of nitrogens with one attached hydrogen (secondary N) is 2. The van der Waals surface area contributed by atoms with E-state index in [2.05, 4.69) is 10.6 Å². The Labute approximate surface area is 224 Å². The second-order valence-electron chi connectivity index (χ2n) is 9.35. The highest BCUT2D eigenvalue weighted by Gasteiger charge is 2.40. The zero-order valence-corrected chi connectivity index (χ0v) is 20.8. The minimum absolute atomic E-state index is 0.185. The molecule has 2 fully saturated rings. The van der Waals surface area contributed by atoms with E-state index in [1.165, 1.54) is 17.0 Å². The highest BCUT2D eigenvalue weighted by atomic mass is 19.4. The largest absolute Gasteiger partial charge is 0.490 e. The Hall–Kier alpha value is -4.33. The van der Waals surface area contributed by atoms with E-state index in [0.717, 1.165) is 5.56 Å². The number of carboxylic acid groups (broad SMARTS) is 1. The van der Waals surface area contributed by atoms with Gasteiger partial charge < -0.3 is 20.2 Å². The highest BCUT2D eigenvalue weighted by molar-refractivity contribution is 6.06. The van der Waals surface area contributed by atoms with Crippen LogP contribution in [0.25, 0.3) is 0 Å². The number of piperazine rings is 1. The van der Waals surface area contributed by atoms with Crippen molar-refractivity contribution in [3.63, 3.8) is 0 Å². The van der Waals surface area contributed by atoms with Crippen LogP contribution in [0.3, 0.4) is 0 Å². The van der Waals surface area contributed by atoms with Crippen LogP contribution in [0.2, 0.25) is 0 Å². The second-order valence-corrected chi connectivity index (χ2v) is 9.35. The molecule has 3 aliphatic heterocycles. The molecule has 0 radical (unpaired) electrons. The number of alkyl halides is 3. The molecule has 2 aromatic rings. The summed E-state index contributed by atoms with van der Waals surface area (Å²) in [6.45, 7) is 1.83. The van der Waals surface area contributed by atoms with Gasteiger partial charge in [-0.1, -0.05) is 18.2 Å². The lowest BCUT2D eigenvalue weighted by Crippen LogP contribution is -2.52. The highest BCUT2D eigenvalue weighted by Crippen LogP contribution is 2.30. The van der Waals surface area contributed by atoms with Gasteiger partial charge in [0.15, 0.2) is 0 Å². The molecule has 3 heterocycles. The summed E-state index contributed by atoms with van der Waals surface area (Å²) in [7, 11) is 0. The zero-order chi connectivity index (χ0) is 29.2. The van der Waals surface area contributed by atoms with E-state index in [1.807, 2.05) is 0 Å². The molecular formula is C26H24F4N4O6. The summed E-state index contributed by atoms with van der Waals surface area (Å²) < 4.78 is 45.5. The molecule has 14 heteroatoms. The number of hydrogen-bond donors (Lipinski definition) is 3. The Morgan fingerprint density at radius 3 is 2.40 bits per heavy atom. The predicted octanol–water partition coefficient (Wildman–Crippen LogP) is 2.01. The average molecular weight is 564 g/mol. The molecule has 0 bridgehead atoms. The Morgan fingerprint density at radius 2 is 1.75 bits per heavy atom. The number of benzene rings is 2. The van der Waals surface area contributed by atoms with Crippen molar-refractivity contribution in [2.75, 3.05) is 19.6 Å². The molecule has 0 aromatic heterocycles. The van der Waals surface area contributed by atoms with Crippen molar-refractivity contribution >= 4 is 29.6 Å². The van der Waals surface area contributed by atoms with E-state index in [0.29, 0.717) is 36.3 Å². The first-order valence-corrected chi connectivity index (χ1v) is 12.2. The van der Waals surface area contributed by atoms with Gasteiger partial charge >= 0.3 is 12.1 Å². The molecule has 2 atom stereocenters. The van der Waals surface area contributed by atoms with E-state index in [4.69, 9.17) is 9.90 Å². The van der Waals surface area contributed by atoms with Gasteiger partial charge in [-0.25, -0.2) is 9.18 Å². The van der Waals surface area contributed by atoms with Gasteiger partial charge in [0.25, 0.3) is 11.8 Å². The van der Waals surface area contributed by atoms with Gasteiger partial charge in [0.1, 0.15) is 11.9 Å². The number of rotatable bonds is 3. The first kappa shape index (κ1) is 28.7. The number of amides is 4. The third-order valence-electron chi connectivity index (χ3n) is 6.76. The molecule has 3 aliphatic rings. The molecule has 2 unspecified atom stereocenters. The summed E-state index contributed by atoms with van der Waals surface area (Å²) in [5.41, 5.74) is 2.21. The lowest BCUT2D eigenvalue weighted by molar-refractivity contribution is -0.192. The average Bonchev–Trinajstić information content (AvgIpc) is 3.23. The molecule has 5 rings (SSSR count). The summed E-state index contributed by atoms with van der Waals surface area (Å²) in [6.07, 6.45) is -4.61. The van der Waals surface area contributed by atoms with E-state index >= 15 is 0 Å². The third kappa shape index (κ3) is 6.11. The van der Waals surface area contributed by atoms with Crippen molar-refractivity contribution in [3.8, 4) is 0 Å². The smallest absolute Gasteiger partial charge is 0.475 e. The summed E-state index contributed by atoms with van der Waals surface area (Å²) in [5.74, 6) is -4.48. The zero-order valence-electron chi connectivity index (χ0n) is 20.8. The molecule has 212 valence electrons. The molecule has 0 spiro atoms. The molecule has 4 amide bonds. The number of aliphatic carboxylic acids is 1. The standard InChI is InChI=1S/C24H23FN4O4.C2HF3O2/c25-17-3-1-2-14(10-17)20-12-26-8-9-28(20)23(32)15-4-5-16-13-29(24(33)18(16)11-15)19-6-7-21(30)27-22(19)31;3-2(4,5)1(6)7/h1-5,10-11,19-20,26H,6-9,12-13H2,(H,27,30,31);(H,6,7). The molecule has 0 aliphatic carbocycles. The molecule has 2 saturated heterocycles. The van der Waals surface area contributed by atoms with Gasteiger partial charge in [-0.15, -0.1) is 0 Å². The predicted molar refractivity (Wildman–Crippen MR) is 129 cm³/mol. The normalized spacial score (nSPS) is 20.9. The molecule has 3 N–H and O–H groups in total. The maximum Gasteiger partial charge on any atom is 0.490 e. The fraction of sp³-hybridized carbons (Fsp3) is 0.346. The van der Waals surface area contributed by atoms with Gasteiger partial charge in [-0.2, -0.15) is 13.2 Å². The molecule has 2 aromatic carbocycles. The van der Waals surface area contributed by atoms with E-state index in [1.54, 1.807) is 35.2 Å².